The van der Waals surface area contributed by atoms with Gasteiger partial charge >= 0.3 is 0 Å². The predicted octanol–water partition coefficient (Wildman–Crippen LogP) is 4.63. The number of rotatable bonds is 5. The van der Waals surface area contributed by atoms with E-state index in [4.69, 9.17) is 11.6 Å². The molecule has 6 heteroatoms. The highest BCUT2D eigenvalue weighted by Crippen LogP contribution is 2.25. The number of halogens is 1. The number of hydrogen-bond acceptors (Lipinski definition) is 2. The molecule has 4 rings (SSSR count). The molecule has 2 aromatic carbocycles. The van der Waals surface area contributed by atoms with Gasteiger partial charge in [0.2, 0.25) is 0 Å². The minimum Gasteiger partial charge on any atom is -0.322 e. The first-order valence-electron chi connectivity index (χ1n) is 8.50. The first kappa shape index (κ1) is 17.1. The Labute approximate surface area is 161 Å². The molecule has 0 radical (unpaired) electrons. The quantitative estimate of drug-likeness (QED) is 0.552. The van der Waals surface area contributed by atoms with Crippen molar-refractivity contribution in [3.63, 3.8) is 0 Å². The zero-order valence-corrected chi connectivity index (χ0v) is 15.2. The summed E-state index contributed by atoms with van der Waals surface area (Å²) in [7, 11) is 0. The van der Waals surface area contributed by atoms with Gasteiger partial charge in [-0.2, -0.15) is 5.10 Å². The van der Waals surface area contributed by atoms with Gasteiger partial charge in [-0.3, -0.25) is 9.48 Å². The lowest BCUT2D eigenvalue weighted by Gasteiger charge is -2.13. The van der Waals surface area contributed by atoms with Crippen LogP contribution in [0.4, 0.5) is 5.69 Å². The molecule has 0 bridgehead atoms. The number of carbonyl (C=O) groups is 1. The molecule has 1 amide bonds. The van der Waals surface area contributed by atoms with Crippen LogP contribution in [0.1, 0.15) is 15.9 Å². The monoisotopic (exact) mass is 376 g/mol. The van der Waals surface area contributed by atoms with Gasteiger partial charge in [-0.05, 0) is 54.1 Å². The summed E-state index contributed by atoms with van der Waals surface area (Å²) in [5, 5.41) is 7.77. The van der Waals surface area contributed by atoms with Crippen LogP contribution in [0, 0.1) is 0 Å². The molecule has 2 heterocycles. The van der Waals surface area contributed by atoms with Gasteiger partial charge in [-0.15, -0.1) is 0 Å². The molecule has 2 aromatic heterocycles. The van der Waals surface area contributed by atoms with Crippen molar-refractivity contribution in [1.29, 1.82) is 0 Å². The Kier molecular flexibility index (Phi) is 4.77. The molecule has 0 saturated carbocycles. The largest absolute Gasteiger partial charge is 0.322 e. The maximum atomic E-state index is 12.7. The van der Waals surface area contributed by atoms with Crippen molar-refractivity contribution in [3.05, 3.63) is 102 Å². The van der Waals surface area contributed by atoms with Gasteiger partial charge < -0.3 is 9.88 Å². The lowest BCUT2D eigenvalue weighted by atomic mass is 10.1. The Hall–Kier alpha value is -3.31. The summed E-state index contributed by atoms with van der Waals surface area (Å²) in [6.45, 7) is 0.670. The molecule has 0 unspecified atom stereocenters. The van der Waals surface area contributed by atoms with Crippen LogP contribution < -0.4 is 5.32 Å². The average Bonchev–Trinajstić information content (AvgIpc) is 3.38. The Morgan fingerprint density at radius 2 is 1.78 bits per heavy atom. The van der Waals surface area contributed by atoms with E-state index in [9.17, 15) is 4.79 Å². The minimum absolute atomic E-state index is 0.170. The van der Waals surface area contributed by atoms with Gasteiger partial charge in [0.15, 0.2) is 0 Å². The average molecular weight is 377 g/mol. The Morgan fingerprint density at radius 3 is 2.48 bits per heavy atom. The summed E-state index contributed by atoms with van der Waals surface area (Å²) in [4.78, 5) is 12.7. The molecular formula is C21H17ClN4O. The van der Waals surface area contributed by atoms with Gasteiger partial charge in [-0.1, -0.05) is 23.7 Å². The summed E-state index contributed by atoms with van der Waals surface area (Å²) in [5.74, 6) is -0.170. The van der Waals surface area contributed by atoms with Crippen molar-refractivity contribution < 1.29 is 4.79 Å². The van der Waals surface area contributed by atoms with Crippen LogP contribution in [0.15, 0.2) is 85.5 Å². The summed E-state index contributed by atoms with van der Waals surface area (Å²) in [5.41, 5.74) is 3.18. The maximum absolute atomic E-state index is 12.7. The fourth-order valence-corrected chi connectivity index (χ4v) is 3.02. The molecule has 0 aliphatic heterocycles. The van der Waals surface area contributed by atoms with Crippen molar-refractivity contribution >= 4 is 23.2 Å². The Balaban J connectivity index is 1.53. The van der Waals surface area contributed by atoms with E-state index in [1.54, 1.807) is 12.3 Å². The number of carbonyl (C=O) groups excluding carboxylic acids is 1. The van der Waals surface area contributed by atoms with E-state index in [0.717, 1.165) is 11.3 Å². The van der Waals surface area contributed by atoms with Crippen LogP contribution >= 0.6 is 11.6 Å². The van der Waals surface area contributed by atoms with E-state index >= 15 is 0 Å². The fourth-order valence-electron chi connectivity index (χ4n) is 2.86. The third-order valence-corrected chi connectivity index (χ3v) is 4.45. The third kappa shape index (κ3) is 3.93. The zero-order chi connectivity index (χ0) is 18.6. The van der Waals surface area contributed by atoms with Crippen LogP contribution in [0.2, 0.25) is 5.02 Å². The van der Waals surface area contributed by atoms with Crippen molar-refractivity contribution in [2.75, 3.05) is 5.32 Å². The lowest BCUT2D eigenvalue weighted by Crippen LogP contribution is -2.14. The second kappa shape index (κ2) is 7.51. The van der Waals surface area contributed by atoms with Gasteiger partial charge in [0.05, 0.1) is 17.9 Å². The van der Waals surface area contributed by atoms with E-state index in [2.05, 4.69) is 10.4 Å². The maximum Gasteiger partial charge on any atom is 0.255 e. The molecule has 0 aliphatic carbocycles. The highest BCUT2D eigenvalue weighted by atomic mass is 35.5. The summed E-state index contributed by atoms with van der Waals surface area (Å²) in [6.07, 6.45) is 7.47. The molecule has 0 fully saturated rings. The van der Waals surface area contributed by atoms with E-state index in [1.807, 2.05) is 82.4 Å². The van der Waals surface area contributed by atoms with Crippen LogP contribution in [-0.2, 0) is 6.54 Å². The van der Waals surface area contributed by atoms with E-state index in [-0.39, 0.29) is 5.91 Å². The van der Waals surface area contributed by atoms with Crippen molar-refractivity contribution in [3.8, 4) is 5.69 Å². The molecule has 134 valence electrons. The number of nitrogens with one attached hydrogen (secondary N) is 1. The Bertz CT molecular complexity index is 1040. The third-order valence-electron chi connectivity index (χ3n) is 4.21. The van der Waals surface area contributed by atoms with Crippen LogP contribution in [0.25, 0.3) is 5.69 Å². The fraction of sp³-hybridized carbons (Fsp3) is 0.0476. The number of nitrogens with zero attached hydrogens (tertiary/aromatic N) is 3. The molecule has 0 spiro atoms. The molecule has 27 heavy (non-hydrogen) atoms. The molecule has 0 atom stereocenters. The highest BCUT2D eigenvalue weighted by molar-refractivity contribution is 6.31. The number of aromatic nitrogens is 3. The SMILES string of the molecule is O=C(Nc1ccc(Cl)cc1-n1cccc1)c1ccc(Cn2cccn2)cc1. The number of hydrogen-bond donors (Lipinski definition) is 1. The number of benzene rings is 2. The number of anilines is 1. The van der Waals surface area contributed by atoms with Gasteiger partial charge in [0.25, 0.3) is 5.91 Å². The van der Waals surface area contributed by atoms with E-state index in [0.29, 0.717) is 22.8 Å². The van der Waals surface area contributed by atoms with Crippen LogP contribution in [0.3, 0.4) is 0 Å². The second-order valence-corrected chi connectivity index (χ2v) is 6.54. The summed E-state index contributed by atoms with van der Waals surface area (Å²) < 4.78 is 3.75. The molecule has 0 saturated heterocycles. The van der Waals surface area contributed by atoms with Crippen LogP contribution in [0.5, 0.6) is 0 Å². The van der Waals surface area contributed by atoms with Crippen molar-refractivity contribution in [1.82, 2.24) is 14.3 Å². The second-order valence-electron chi connectivity index (χ2n) is 6.11. The van der Waals surface area contributed by atoms with Crippen LogP contribution in [-0.4, -0.2) is 20.3 Å². The van der Waals surface area contributed by atoms with E-state index in [1.165, 1.54) is 0 Å². The molecule has 0 aliphatic rings. The predicted molar refractivity (Wildman–Crippen MR) is 107 cm³/mol. The molecule has 5 nitrogen and oxygen atoms in total. The smallest absolute Gasteiger partial charge is 0.255 e. The number of amides is 1. The zero-order valence-electron chi connectivity index (χ0n) is 14.4. The van der Waals surface area contributed by atoms with Crippen molar-refractivity contribution in [2.24, 2.45) is 0 Å². The molecule has 1 N–H and O–H groups in total. The normalized spacial score (nSPS) is 10.7. The van der Waals surface area contributed by atoms with Gasteiger partial charge in [-0.25, -0.2) is 0 Å². The lowest BCUT2D eigenvalue weighted by molar-refractivity contribution is 0.102. The first-order valence-corrected chi connectivity index (χ1v) is 8.87. The highest BCUT2D eigenvalue weighted by Gasteiger charge is 2.11. The molecule has 4 aromatic rings. The summed E-state index contributed by atoms with van der Waals surface area (Å²) >= 11 is 6.13. The Morgan fingerprint density at radius 1 is 1.00 bits per heavy atom. The molecular weight excluding hydrogens is 360 g/mol. The van der Waals surface area contributed by atoms with Gasteiger partial charge in [0.1, 0.15) is 0 Å². The first-order chi connectivity index (χ1) is 13.2. The summed E-state index contributed by atoms with van der Waals surface area (Å²) in [6, 6.07) is 18.6. The van der Waals surface area contributed by atoms with Crippen molar-refractivity contribution in [2.45, 2.75) is 6.54 Å². The standard InChI is InChI=1S/C21H17ClN4O/c22-18-8-9-19(20(14-18)25-11-1-2-12-25)24-21(27)17-6-4-16(5-7-17)15-26-13-3-10-23-26/h1-14H,15H2,(H,24,27). The minimum atomic E-state index is -0.170. The van der Waals surface area contributed by atoms with Gasteiger partial charge in [0, 0.05) is 35.4 Å². The van der Waals surface area contributed by atoms with E-state index < -0.39 is 0 Å². The topological polar surface area (TPSA) is 51.9 Å².